The fourth-order valence-electron chi connectivity index (χ4n) is 4.23. The Bertz CT molecular complexity index is 964. The molecule has 0 bridgehead atoms. The van der Waals surface area contributed by atoms with E-state index in [2.05, 4.69) is 44.9 Å². The molecule has 2 aliphatic rings. The Labute approximate surface area is 180 Å². The number of hydrogen-bond acceptors (Lipinski definition) is 6. The molecule has 2 aliphatic heterocycles. The maximum atomic E-state index is 8.94. The molecule has 3 heterocycles. The molecule has 0 amide bonds. The highest BCUT2D eigenvalue weighted by Gasteiger charge is 2.33. The molecule has 1 aromatic heterocycles. The van der Waals surface area contributed by atoms with Gasteiger partial charge in [-0.05, 0) is 35.6 Å². The number of rotatable bonds is 1. The number of piperazine rings is 1. The van der Waals surface area contributed by atoms with Gasteiger partial charge in [-0.1, -0.05) is 35.5 Å². The molecule has 1 saturated heterocycles. The van der Waals surface area contributed by atoms with Gasteiger partial charge in [0.05, 0.1) is 11.7 Å². The lowest BCUT2D eigenvalue weighted by Crippen LogP contribution is -2.49. The molecule has 150 valence electrons. The van der Waals surface area contributed by atoms with Gasteiger partial charge in [0.25, 0.3) is 0 Å². The van der Waals surface area contributed by atoms with Crippen LogP contribution in [0.3, 0.4) is 0 Å². The van der Waals surface area contributed by atoms with Gasteiger partial charge >= 0.3 is 0 Å². The smallest absolute Gasteiger partial charge is 0.208 e. The lowest BCUT2D eigenvalue weighted by atomic mass is 9.97. The summed E-state index contributed by atoms with van der Waals surface area (Å²) in [7, 11) is 2.11. The standard InChI is InChI=1S/C21H23ClN6S/c1-26-13-15-4-3-7-24-19(15)20(17-6-5-16(22)12-18(17)26)27-8-10-28(11-9-27)21(29-2)25-14-23/h3-7,12,20H,8-11,13H2,1-2H3. The van der Waals surface area contributed by atoms with Crippen LogP contribution in [-0.4, -0.2) is 59.4 Å². The molecule has 0 aliphatic carbocycles. The van der Waals surface area contributed by atoms with Crippen LogP contribution in [0.15, 0.2) is 41.5 Å². The van der Waals surface area contributed by atoms with Crippen LogP contribution in [0, 0.1) is 11.5 Å². The maximum absolute atomic E-state index is 8.94. The third-order valence-electron chi connectivity index (χ3n) is 5.57. The van der Waals surface area contributed by atoms with E-state index in [-0.39, 0.29) is 6.04 Å². The van der Waals surface area contributed by atoms with Crippen molar-refractivity contribution in [3.8, 4) is 6.19 Å². The van der Waals surface area contributed by atoms with Crippen LogP contribution in [0.5, 0.6) is 0 Å². The topological polar surface area (TPSA) is 58.8 Å². The summed E-state index contributed by atoms with van der Waals surface area (Å²) in [5, 5.41) is 10.5. The van der Waals surface area contributed by atoms with Crippen molar-refractivity contribution in [3.05, 3.63) is 58.4 Å². The zero-order valence-electron chi connectivity index (χ0n) is 16.5. The van der Waals surface area contributed by atoms with Crippen molar-refractivity contribution >= 4 is 34.2 Å². The average Bonchev–Trinajstić information content (AvgIpc) is 2.86. The van der Waals surface area contributed by atoms with Crippen molar-refractivity contribution in [3.63, 3.8) is 0 Å². The summed E-state index contributed by atoms with van der Waals surface area (Å²) in [6.07, 6.45) is 5.76. The van der Waals surface area contributed by atoms with Gasteiger partial charge in [-0.15, -0.1) is 4.99 Å². The van der Waals surface area contributed by atoms with E-state index in [0.717, 1.165) is 54.3 Å². The van der Waals surface area contributed by atoms with Crippen LogP contribution < -0.4 is 4.90 Å². The van der Waals surface area contributed by atoms with Crippen LogP contribution in [-0.2, 0) is 6.54 Å². The van der Waals surface area contributed by atoms with Crippen LogP contribution in [0.1, 0.15) is 22.9 Å². The van der Waals surface area contributed by atoms with Gasteiger partial charge in [0, 0.05) is 56.7 Å². The zero-order valence-corrected chi connectivity index (χ0v) is 18.1. The molecular weight excluding hydrogens is 404 g/mol. The number of benzene rings is 1. The summed E-state index contributed by atoms with van der Waals surface area (Å²) in [4.78, 5) is 15.7. The predicted molar refractivity (Wildman–Crippen MR) is 119 cm³/mol. The quantitative estimate of drug-likeness (QED) is 0.394. The molecule has 29 heavy (non-hydrogen) atoms. The molecule has 0 saturated carbocycles. The monoisotopic (exact) mass is 426 g/mol. The molecule has 0 radical (unpaired) electrons. The second-order valence-corrected chi connectivity index (χ2v) is 8.44. The Morgan fingerprint density at radius 2 is 2.07 bits per heavy atom. The Balaban J connectivity index is 1.70. The number of amidine groups is 1. The number of anilines is 1. The van der Waals surface area contributed by atoms with Crippen LogP contribution >= 0.6 is 23.4 Å². The third kappa shape index (κ3) is 3.93. The largest absolute Gasteiger partial charge is 0.370 e. The highest BCUT2D eigenvalue weighted by molar-refractivity contribution is 8.13. The number of aliphatic imine (C=N–C) groups is 1. The fourth-order valence-corrected chi connectivity index (χ4v) is 4.97. The van der Waals surface area contributed by atoms with Gasteiger partial charge < -0.3 is 9.80 Å². The lowest BCUT2D eigenvalue weighted by Gasteiger charge is -2.40. The number of halogens is 1. The predicted octanol–water partition coefficient (Wildman–Crippen LogP) is 3.59. The van der Waals surface area contributed by atoms with E-state index in [9.17, 15) is 0 Å². The summed E-state index contributed by atoms with van der Waals surface area (Å²) < 4.78 is 0. The van der Waals surface area contributed by atoms with Gasteiger partial charge in [-0.3, -0.25) is 9.88 Å². The lowest BCUT2D eigenvalue weighted by molar-refractivity contribution is 0.150. The highest BCUT2D eigenvalue weighted by Crippen LogP contribution is 2.40. The van der Waals surface area contributed by atoms with Crippen LogP contribution in [0.2, 0.25) is 5.02 Å². The minimum atomic E-state index is 0.0798. The molecule has 1 aromatic carbocycles. The van der Waals surface area contributed by atoms with Crippen molar-refractivity contribution in [1.82, 2.24) is 14.8 Å². The Morgan fingerprint density at radius 1 is 1.28 bits per heavy atom. The van der Waals surface area contributed by atoms with Crippen molar-refractivity contribution in [1.29, 1.82) is 5.26 Å². The van der Waals surface area contributed by atoms with E-state index >= 15 is 0 Å². The molecular formula is C21H23ClN6S. The number of thioether (sulfide) groups is 1. The van der Waals surface area contributed by atoms with Gasteiger partial charge in [0.15, 0.2) is 5.17 Å². The molecule has 1 fully saturated rings. The Morgan fingerprint density at radius 3 is 2.79 bits per heavy atom. The van der Waals surface area contributed by atoms with Crippen molar-refractivity contribution in [2.45, 2.75) is 12.6 Å². The zero-order chi connectivity index (χ0) is 20.4. The summed E-state index contributed by atoms with van der Waals surface area (Å²) in [5.41, 5.74) is 4.74. The first-order valence-electron chi connectivity index (χ1n) is 9.56. The number of hydrogen-bond donors (Lipinski definition) is 0. The SMILES string of the molecule is CSC(=NC#N)N1CCN(C2c3ccc(Cl)cc3N(C)Cc3cccnc32)CC1. The first kappa shape index (κ1) is 20.0. The molecule has 8 heteroatoms. The van der Waals surface area contributed by atoms with Gasteiger partial charge in [-0.25, -0.2) is 0 Å². The van der Waals surface area contributed by atoms with E-state index in [4.69, 9.17) is 21.8 Å². The second kappa shape index (κ2) is 8.62. The summed E-state index contributed by atoms with van der Waals surface area (Å²) >= 11 is 7.86. The minimum Gasteiger partial charge on any atom is -0.370 e. The number of fused-ring (bicyclic) bond motifs is 2. The normalized spacial score (nSPS) is 19.9. The fraction of sp³-hybridized carbons (Fsp3) is 0.381. The average molecular weight is 427 g/mol. The highest BCUT2D eigenvalue weighted by atomic mass is 35.5. The first-order chi connectivity index (χ1) is 14.1. The van der Waals surface area contributed by atoms with Gasteiger partial charge in [-0.2, -0.15) is 5.26 Å². The van der Waals surface area contributed by atoms with E-state index in [0.29, 0.717) is 0 Å². The van der Waals surface area contributed by atoms with Crippen molar-refractivity contribution < 1.29 is 0 Å². The van der Waals surface area contributed by atoms with Crippen molar-refractivity contribution in [2.24, 2.45) is 4.99 Å². The van der Waals surface area contributed by atoms with E-state index in [1.54, 1.807) is 0 Å². The van der Waals surface area contributed by atoms with Crippen molar-refractivity contribution in [2.75, 3.05) is 44.4 Å². The van der Waals surface area contributed by atoms with Gasteiger partial charge in [0.2, 0.25) is 6.19 Å². The summed E-state index contributed by atoms with van der Waals surface area (Å²) in [6, 6.07) is 10.4. The molecule has 0 N–H and O–H groups in total. The molecule has 6 nitrogen and oxygen atoms in total. The molecule has 1 unspecified atom stereocenters. The minimum absolute atomic E-state index is 0.0798. The van der Waals surface area contributed by atoms with E-state index in [1.165, 1.54) is 22.9 Å². The molecule has 4 rings (SSSR count). The van der Waals surface area contributed by atoms with E-state index < -0.39 is 0 Å². The number of nitriles is 1. The van der Waals surface area contributed by atoms with E-state index in [1.807, 2.05) is 30.8 Å². The summed E-state index contributed by atoms with van der Waals surface area (Å²) in [6.45, 7) is 4.21. The number of nitrogens with zero attached hydrogens (tertiary/aromatic N) is 6. The van der Waals surface area contributed by atoms with Gasteiger partial charge in [0.1, 0.15) is 0 Å². The van der Waals surface area contributed by atoms with Crippen LogP contribution in [0.25, 0.3) is 0 Å². The third-order valence-corrected chi connectivity index (χ3v) is 6.52. The number of aromatic nitrogens is 1. The number of pyridine rings is 1. The molecule has 2 aromatic rings. The van der Waals surface area contributed by atoms with Crippen LogP contribution in [0.4, 0.5) is 5.69 Å². The first-order valence-corrected chi connectivity index (χ1v) is 11.2. The Hall–Kier alpha value is -2.27. The molecule has 1 atom stereocenters. The Kier molecular flexibility index (Phi) is 5.95. The maximum Gasteiger partial charge on any atom is 0.208 e. The molecule has 0 spiro atoms. The second-order valence-electron chi connectivity index (χ2n) is 7.23. The summed E-state index contributed by atoms with van der Waals surface area (Å²) in [5.74, 6) is 0.